The van der Waals surface area contributed by atoms with Gasteiger partial charge in [-0.1, -0.05) is 168 Å². The maximum absolute atomic E-state index is 12.8. The second-order valence-electron chi connectivity index (χ2n) is 15.4. The molecular formula is C41H78O12S. The highest BCUT2D eigenvalue weighted by atomic mass is 32.2. The van der Waals surface area contributed by atoms with Crippen LogP contribution >= 0.6 is 0 Å². The van der Waals surface area contributed by atoms with Gasteiger partial charge in [0, 0.05) is 12.8 Å². The average Bonchev–Trinajstić information content (AvgIpc) is 3.13. The van der Waals surface area contributed by atoms with Crippen molar-refractivity contribution in [3.63, 3.8) is 0 Å². The van der Waals surface area contributed by atoms with Crippen molar-refractivity contribution in [1.29, 1.82) is 0 Å². The molecule has 12 nitrogen and oxygen atoms in total. The van der Waals surface area contributed by atoms with Gasteiger partial charge in [0.1, 0.15) is 36.8 Å². The fraction of sp³-hybridized carbons (Fsp3) is 0.951. The number of aliphatic hydroxyl groups excluding tert-OH is 3. The number of carbonyl (C=O) groups is 2. The third-order valence-electron chi connectivity index (χ3n) is 10.2. The van der Waals surface area contributed by atoms with E-state index < -0.39 is 71.2 Å². The monoisotopic (exact) mass is 795 g/mol. The minimum Gasteiger partial charge on any atom is -0.462 e. The van der Waals surface area contributed by atoms with Gasteiger partial charge in [0.15, 0.2) is 12.4 Å². The molecule has 1 heterocycles. The Morgan fingerprint density at radius 1 is 0.556 bits per heavy atom. The number of unbranched alkanes of at least 4 members (excludes halogenated alkanes) is 24. The molecule has 0 bridgehead atoms. The number of esters is 2. The Bertz CT molecular complexity index is 1030. The van der Waals surface area contributed by atoms with Crippen molar-refractivity contribution in [2.75, 3.05) is 19.0 Å². The lowest BCUT2D eigenvalue weighted by Crippen LogP contribution is -2.60. The van der Waals surface area contributed by atoms with E-state index in [-0.39, 0.29) is 19.4 Å². The molecule has 1 aliphatic rings. The van der Waals surface area contributed by atoms with E-state index in [0.29, 0.717) is 12.8 Å². The Morgan fingerprint density at radius 2 is 0.944 bits per heavy atom. The predicted octanol–water partition coefficient (Wildman–Crippen LogP) is 8.12. The van der Waals surface area contributed by atoms with E-state index >= 15 is 0 Å². The van der Waals surface area contributed by atoms with Crippen LogP contribution in [0.2, 0.25) is 0 Å². The second-order valence-corrected chi connectivity index (χ2v) is 16.9. The highest BCUT2D eigenvalue weighted by molar-refractivity contribution is 7.85. The van der Waals surface area contributed by atoms with Gasteiger partial charge in [0.2, 0.25) is 0 Å². The molecule has 0 radical (unpaired) electrons. The van der Waals surface area contributed by atoms with E-state index in [0.717, 1.165) is 38.5 Å². The zero-order valence-electron chi connectivity index (χ0n) is 33.8. The van der Waals surface area contributed by atoms with Gasteiger partial charge >= 0.3 is 11.9 Å². The first-order chi connectivity index (χ1) is 26.0. The van der Waals surface area contributed by atoms with Gasteiger partial charge in [0.25, 0.3) is 10.1 Å². The summed E-state index contributed by atoms with van der Waals surface area (Å²) in [7, 11) is -4.59. The predicted molar refractivity (Wildman–Crippen MR) is 211 cm³/mol. The lowest BCUT2D eigenvalue weighted by molar-refractivity contribution is -0.297. The molecule has 4 N–H and O–H groups in total. The third-order valence-corrected chi connectivity index (χ3v) is 10.9. The van der Waals surface area contributed by atoms with Crippen molar-refractivity contribution >= 4 is 22.1 Å². The van der Waals surface area contributed by atoms with Crippen LogP contribution in [0.5, 0.6) is 0 Å². The first-order valence-corrected chi connectivity index (χ1v) is 23.2. The summed E-state index contributed by atoms with van der Waals surface area (Å²) in [6.07, 6.45) is 21.5. The normalized spacial score (nSPS) is 20.9. The molecule has 13 heteroatoms. The highest BCUT2D eigenvalue weighted by Gasteiger charge is 2.46. The van der Waals surface area contributed by atoms with Crippen LogP contribution in [-0.4, -0.2) is 96.0 Å². The Balaban J connectivity index is 2.46. The summed E-state index contributed by atoms with van der Waals surface area (Å²) in [5.41, 5.74) is 0. The van der Waals surface area contributed by atoms with Crippen LogP contribution in [0.1, 0.15) is 194 Å². The summed E-state index contributed by atoms with van der Waals surface area (Å²) in [6.45, 7) is 3.76. The van der Waals surface area contributed by atoms with Crippen LogP contribution in [0.15, 0.2) is 0 Å². The molecule has 0 aromatic heterocycles. The van der Waals surface area contributed by atoms with E-state index in [4.69, 9.17) is 18.9 Å². The summed E-state index contributed by atoms with van der Waals surface area (Å²) in [4.78, 5) is 25.3. The maximum atomic E-state index is 12.8. The van der Waals surface area contributed by atoms with Gasteiger partial charge in [-0.2, -0.15) is 8.42 Å². The molecule has 0 amide bonds. The lowest BCUT2D eigenvalue weighted by atomic mass is 10.00. The van der Waals surface area contributed by atoms with Crippen molar-refractivity contribution in [3.8, 4) is 0 Å². The van der Waals surface area contributed by atoms with E-state index in [1.54, 1.807) is 0 Å². The Hall–Kier alpha value is -1.35. The number of rotatable bonds is 36. The van der Waals surface area contributed by atoms with Gasteiger partial charge < -0.3 is 34.3 Å². The summed E-state index contributed by atoms with van der Waals surface area (Å²) in [6, 6.07) is 0. The molecule has 1 aliphatic heterocycles. The quantitative estimate of drug-likeness (QED) is 0.0272. The molecule has 320 valence electrons. The summed E-state index contributed by atoms with van der Waals surface area (Å²) in [5.74, 6) is -1.97. The Morgan fingerprint density at radius 3 is 1.35 bits per heavy atom. The second kappa shape index (κ2) is 32.7. The summed E-state index contributed by atoms with van der Waals surface area (Å²) >= 11 is 0. The topological polar surface area (TPSA) is 186 Å². The van der Waals surface area contributed by atoms with Crippen molar-refractivity contribution in [2.45, 2.75) is 230 Å². The first-order valence-electron chi connectivity index (χ1n) is 21.6. The van der Waals surface area contributed by atoms with Crippen molar-refractivity contribution in [1.82, 2.24) is 0 Å². The van der Waals surface area contributed by atoms with Gasteiger partial charge in [-0.25, -0.2) is 0 Å². The van der Waals surface area contributed by atoms with Crippen molar-refractivity contribution in [3.05, 3.63) is 0 Å². The van der Waals surface area contributed by atoms with E-state index in [1.807, 2.05) is 0 Å². The van der Waals surface area contributed by atoms with Gasteiger partial charge in [-0.15, -0.1) is 0 Å². The molecule has 1 fully saturated rings. The van der Waals surface area contributed by atoms with E-state index in [9.17, 15) is 37.9 Å². The third kappa shape index (κ3) is 27.3. The van der Waals surface area contributed by atoms with E-state index in [1.165, 1.54) is 116 Å². The standard InChI is InChI=1S/C41H78O12S/c1-3-5-7-9-11-13-15-17-19-21-23-25-27-29-36(42)50-31-34(32-51-41-40(46)39(45)38(44)35(53-41)33-54(47,48)49)52-37(43)30-28-26-24-22-20-18-16-14-12-10-8-6-4-2/h34-35,38-41,44-46H,3-33H2,1-2H3,(H,47,48,49)/t34?,35-,38+,39+,40-,41+/m1/s1. The fourth-order valence-electron chi connectivity index (χ4n) is 6.79. The molecule has 0 aliphatic carbocycles. The van der Waals surface area contributed by atoms with Crippen LogP contribution in [0, 0.1) is 0 Å². The molecule has 1 saturated heterocycles. The first kappa shape index (κ1) is 50.7. The SMILES string of the molecule is CCCCCCCCCCCCCCCC(=O)OCC(CO[C@H]1O[C@H](CS(=O)(=O)O)[C@H](O)[C@H](O)[C@H]1O)OC(=O)CCCCCCCCCCCCCCC. The molecule has 0 saturated carbocycles. The van der Waals surface area contributed by atoms with E-state index in [2.05, 4.69) is 13.8 Å². The fourth-order valence-corrected chi connectivity index (χ4v) is 7.49. The molecule has 1 unspecified atom stereocenters. The Kier molecular flexibility index (Phi) is 30.7. The lowest BCUT2D eigenvalue weighted by Gasteiger charge is -2.40. The number of carbonyl (C=O) groups excluding carboxylic acids is 2. The molecular weight excluding hydrogens is 717 g/mol. The molecule has 6 atom stereocenters. The Labute approximate surface area is 327 Å². The van der Waals surface area contributed by atoms with Gasteiger partial charge in [0.05, 0.1) is 6.61 Å². The highest BCUT2D eigenvalue weighted by Crippen LogP contribution is 2.24. The number of aliphatic hydroxyl groups is 3. The average molecular weight is 795 g/mol. The smallest absolute Gasteiger partial charge is 0.306 e. The van der Waals surface area contributed by atoms with Crippen LogP contribution < -0.4 is 0 Å². The molecule has 0 aromatic rings. The summed E-state index contributed by atoms with van der Waals surface area (Å²) in [5, 5.41) is 30.8. The van der Waals surface area contributed by atoms with Crippen LogP contribution in [0.3, 0.4) is 0 Å². The van der Waals surface area contributed by atoms with Gasteiger partial charge in [-0.05, 0) is 12.8 Å². The number of hydrogen-bond acceptors (Lipinski definition) is 11. The maximum Gasteiger partial charge on any atom is 0.306 e. The van der Waals surface area contributed by atoms with Crippen molar-refractivity contribution in [2.24, 2.45) is 0 Å². The van der Waals surface area contributed by atoms with Gasteiger partial charge in [-0.3, -0.25) is 14.1 Å². The van der Waals surface area contributed by atoms with Crippen molar-refractivity contribution < 1.29 is 56.8 Å². The largest absolute Gasteiger partial charge is 0.462 e. The molecule has 0 aromatic carbocycles. The zero-order valence-corrected chi connectivity index (χ0v) is 34.7. The molecule has 0 spiro atoms. The zero-order chi connectivity index (χ0) is 39.9. The van der Waals surface area contributed by atoms with Crippen LogP contribution in [0.25, 0.3) is 0 Å². The van der Waals surface area contributed by atoms with Crippen LogP contribution in [0.4, 0.5) is 0 Å². The number of hydrogen-bond donors (Lipinski definition) is 4. The summed E-state index contributed by atoms with van der Waals surface area (Å²) < 4.78 is 53.9. The molecule has 54 heavy (non-hydrogen) atoms. The minimum atomic E-state index is -4.59. The van der Waals surface area contributed by atoms with Crippen LogP contribution in [-0.2, 0) is 38.7 Å². The number of ether oxygens (including phenoxy) is 4. The molecule has 1 rings (SSSR count). The minimum absolute atomic E-state index is 0.172.